The van der Waals surface area contributed by atoms with Gasteiger partial charge in [-0.3, -0.25) is 4.79 Å². The molecule has 0 unspecified atom stereocenters. The Hall–Kier alpha value is -4.45. The lowest BCUT2D eigenvalue weighted by Gasteiger charge is -2.14. The number of ether oxygens (including phenoxy) is 3. The second kappa shape index (κ2) is 9.58. The molecule has 0 radical (unpaired) electrons. The summed E-state index contributed by atoms with van der Waals surface area (Å²) in [5, 5.41) is 4.85. The van der Waals surface area contributed by atoms with E-state index in [1.807, 2.05) is 66.7 Å². The predicted molar refractivity (Wildman–Crippen MR) is 132 cm³/mol. The van der Waals surface area contributed by atoms with E-state index in [1.54, 1.807) is 31.4 Å². The fourth-order valence-electron chi connectivity index (χ4n) is 3.82. The lowest BCUT2D eigenvalue weighted by Crippen LogP contribution is -2.16. The topological polar surface area (TPSA) is 69.9 Å². The Morgan fingerprint density at radius 2 is 1.50 bits per heavy atom. The van der Waals surface area contributed by atoms with Gasteiger partial charge in [-0.2, -0.15) is 0 Å². The molecule has 0 bridgehead atoms. The number of methoxy groups -OCH3 is 1. The van der Waals surface area contributed by atoms with Gasteiger partial charge >= 0.3 is 0 Å². The highest BCUT2D eigenvalue weighted by molar-refractivity contribution is 6.10. The summed E-state index contributed by atoms with van der Waals surface area (Å²) in [6.45, 7) is 0.657. The van der Waals surface area contributed by atoms with E-state index in [2.05, 4.69) is 5.32 Å². The zero-order chi connectivity index (χ0) is 23.3. The highest BCUT2D eigenvalue weighted by atomic mass is 16.5. The summed E-state index contributed by atoms with van der Waals surface area (Å²) in [6, 6.07) is 28.1. The zero-order valence-electron chi connectivity index (χ0n) is 18.6. The molecular weight excluding hydrogens is 430 g/mol. The van der Waals surface area contributed by atoms with Crippen LogP contribution in [0.3, 0.4) is 0 Å². The maximum Gasteiger partial charge on any atom is 0.259 e. The largest absolute Gasteiger partial charge is 0.495 e. The molecule has 1 heterocycles. The maximum atomic E-state index is 13.2. The van der Waals surface area contributed by atoms with Crippen LogP contribution >= 0.6 is 0 Å². The fraction of sp³-hybridized carbons (Fsp3) is 0.107. The fourth-order valence-corrected chi connectivity index (χ4v) is 3.82. The number of furan rings is 1. The first-order valence-electron chi connectivity index (χ1n) is 10.9. The molecule has 5 rings (SSSR count). The molecule has 0 aliphatic rings. The number of anilines is 1. The maximum absolute atomic E-state index is 13.2. The molecule has 0 aliphatic heterocycles. The van der Waals surface area contributed by atoms with Crippen LogP contribution in [-0.4, -0.2) is 26.2 Å². The van der Waals surface area contributed by atoms with Gasteiger partial charge in [-0.05, 0) is 36.4 Å². The van der Waals surface area contributed by atoms with Crippen molar-refractivity contribution in [1.82, 2.24) is 0 Å². The van der Waals surface area contributed by atoms with Gasteiger partial charge in [0.15, 0.2) is 0 Å². The monoisotopic (exact) mass is 453 g/mol. The summed E-state index contributed by atoms with van der Waals surface area (Å²) in [6.07, 6.45) is 0. The van der Waals surface area contributed by atoms with Crippen molar-refractivity contribution >= 4 is 33.5 Å². The van der Waals surface area contributed by atoms with Gasteiger partial charge in [0.25, 0.3) is 5.91 Å². The van der Waals surface area contributed by atoms with Crippen LogP contribution < -0.4 is 19.5 Å². The Labute approximate surface area is 196 Å². The third kappa shape index (κ3) is 4.38. The number of rotatable bonds is 8. The van der Waals surface area contributed by atoms with Gasteiger partial charge in [0.1, 0.15) is 41.6 Å². The molecule has 0 spiro atoms. The first kappa shape index (κ1) is 21.4. The smallest absolute Gasteiger partial charge is 0.259 e. The van der Waals surface area contributed by atoms with E-state index in [0.717, 1.165) is 22.1 Å². The third-order valence-corrected chi connectivity index (χ3v) is 5.43. The number of benzene rings is 4. The Bertz CT molecular complexity index is 1440. The number of carbonyl (C=O) groups is 1. The number of carbonyl (C=O) groups excluding carboxylic acids is 1. The molecule has 6 nitrogen and oxygen atoms in total. The summed E-state index contributed by atoms with van der Waals surface area (Å²) in [7, 11) is 1.57. The van der Waals surface area contributed by atoms with Crippen molar-refractivity contribution in [3.8, 4) is 17.2 Å². The molecular formula is C28H23NO5. The second-order valence-electron chi connectivity index (χ2n) is 7.61. The minimum atomic E-state index is -0.312. The minimum absolute atomic E-state index is 0.299. The molecule has 6 heteroatoms. The number of nitrogens with one attached hydrogen (secondary N) is 1. The summed E-state index contributed by atoms with van der Waals surface area (Å²) < 4.78 is 23.0. The van der Waals surface area contributed by atoms with Crippen molar-refractivity contribution in [2.75, 3.05) is 25.6 Å². The van der Waals surface area contributed by atoms with Crippen LogP contribution in [0.4, 0.5) is 5.69 Å². The van der Waals surface area contributed by atoms with E-state index in [-0.39, 0.29) is 5.91 Å². The van der Waals surface area contributed by atoms with Crippen LogP contribution in [0.25, 0.3) is 21.9 Å². The normalized spacial score (nSPS) is 10.9. The second-order valence-corrected chi connectivity index (χ2v) is 7.61. The molecule has 1 N–H and O–H groups in total. The van der Waals surface area contributed by atoms with E-state index in [1.165, 1.54) is 0 Å². The average Bonchev–Trinajstić information content (AvgIpc) is 3.24. The molecule has 1 aromatic heterocycles. The number of para-hydroxylation sites is 3. The SMILES string of the molecule is COc1cc2c(cc1NC(=O)c1ccccc1OCCOc1ccccc1)oc1ccccc12. The first-order chi connectivity index (χ1) is 16.7. The van der Waals surface area contributed by atoms with E-state index in [9.17, 15) is 4.79 Å². The van der Waals surface area contributed by atoms with Crippen LogP contribution in [0.2, 0.25) is 0 Å². The molecule has 0 saturated heterocycles. The van der Waals surface area contributed by atoms with Crippen molar-refractivity contribution in [2.24, 2.45) is 0 Å². The highest BCUT2D eigenvalue weighted by Crippen LogP contribution is 2.36. The summed E-state index contributed by atoms with van der Waals surface area (Å²) in [4.78, 5) is 13.2. The van der Waals surface area contributed by atoms with Crippen molar-refractivity contribution in [3.05, 3.63) is 96.6 Å². The molecule has 0 saturated carbocycles. The third-order valence-electron chi connectivity index (χ3n) is 5.43. The van der Waals surface area contributed by atoms with Gasteiger partial charge in [-0.15, -0.1) is 0 Å². The number of hydrogen-bond acceptors (Lipinski definition) is 5. The van der Waals surface area contributed by atoms with Crippen molar-refractivity contribution in [3.63, 3.8) is 0 Å². The minimum Gasteiger partial charge on any atom is -0.495 e. The quantitative estimate of drug-likeness (QED) is 0.279. The highest BCUT2D eigenvalue weighted by Gasteiger charge is 2.17. The number of amides is 1. The standard InChI is InChI=1S/C28H23NO5/c1-31-27-17-22-20-11-5-8-14-25(20)34-26(22)18-23(27)29-28(30)21-12-6-7-13-24(21)33-16-15-32-19-9-3-2-4-10-19/h2-14,17-18H,15-16H2,1H3,(H,29,30). The summed E-state index contributed by atoms with van der Waals surface area (Å²) >= 11 is 0. The first-order valence-corrected chi connectivity index (χ1v) is 10.9. The van der Waals surface area contributed by atoms with E-state index in [0.29, 0.717) is 41.5 Å². The molecule has 170 valence electrons. The summed E-state index contributed by atoms with van der Waals surface area (Å²) in [5.41, 5.74) is 2.37. The van der Waals surface area contributed by atoms with Gasteiger partial charge in [-0.1, -0.05) is 48.5 Å². The molecule has 0 atom stereocenters. The molecule has 5 aromatic rings. The number of hydrogen-bond donors (Lipinski definition) is 1. The van der Waals surface area contributed by atoms with E-state index < -0.39 is 0 Å². The van der Waals surface area contributed by atoms with Crippen LogP contribution in [0.5, 0.6) is 17.2 Å². The van der Waals surface area contributed by atoms with Crippen molar-refractivity contribution in [2.45, 2.75) is 0 Å². The van der Waals surface area contributed by atoms with Crippen molar-refractivity contribution < 1.29 is 23.4 Å². The molecule has 1 amide bonds. The van der Waals surface area contributed by atoms with Gasteiger partial charge in [0.05, 0.1) is 18.4 Å². The zero-order valence-corrected chi connectivity index (χ0v) is 18.6. The molecule has 0 fully saturated rings. The molecule has 34 heavy (non-hydrogen) atoms. The van der Waals surface area contributed by atoms with Crippen LogP contribution in [-0.2, 0) is 0 Å². The van der Waals surface area contributed by atoms with E-state index in [4.69, 9.17) is 18.6 Å². The van der Waals surface area contributed by atoms with Crippen molar-refractivity contribution in [1.29, 1.82) is 0 Å². The van der Waals surface area contributed by atoms with Crippen LogP contribution in [0, 0.1) is 0 Å². The Balaban J connectivity index is 1.33. The molecule has 4 aromatic carbocycles. The Morgan fingerprint density at radius 3 is 2.35 bits per heavy atom. The lowest BCUT2D eigenvalue weighted by molar-refractivity contribution is 0.102. The number of fused-ring (bicyclic) bond motifs is 3. The van der Waals surface area contributed by atoms with Gasteiger partial charge in [0.2, 0.25) is 0 Å². The molecule has 0 aliphatic carbocycles. The lowest BCUT2D eigenvalue weighted by atomic mass is 10.1. The van der Waals surface area contributed by atoms with Crippen LogP contribution in [0.1, 0.15) is 10.4 Å². The van der Waals surface area contributed by atoms with Gasteiger partial charge in [0, 0.05) is 16.8 Å². The predicted octanol–water partition coefficient (Wildman–Crippen LogP) is 6.30. The van der Waals surface area contributed by atoms with Crippen LogP contribution in [0.15, 0.2) is 95.4 Å². The van der Waals surface area contributed by atoms with Gasteiger partial charge in [-0.25, -0.2) is 0 Å². The Kier molecular flexibility index (Phi) is 6.03. The average molecular weight is 453 g/mol. The Morgan fingerprint density at radius 1 is 0.765 bits per heavy atom. The van der Waals surface area contributed by atoms with Gasteiger partial charge < -0.3 is 23.9 Å². The summed E-state index contributed by atoms with van der Waals surface area (Å²) in [5.74, 6) is 1.47. The van der Waals surface area contributed by atoms with E-state index >= 15 is 0 Å².